The van der Waals surface area contributed by atoms with Gasteiger partial charge in [-0.15, -0.1) is 0 Å². The van der Waals surface area contributed by atoms with Crippen molar-refractivity contribution in [3.8, 4) is 0 Å². The second-order valence-electron chi connectivity index (χ2n) is 4.08. The van der Waals surface area contributed by atoms with Gasteiger partial charge in [-0.1, -0.05) is 12.7 Å². The number of carbonyl (C=O) groups is 1. The monoisotopic (exact) mass is 243 g/mol. The van der Waals surface area contributed by atoms with Crippen LogP contribution < -0.4 is 5.32 Å². The molecule has 0 saturated carbocycles. The normalized spacial score (nSPS) is 13.4. The van der Waals surface area contributed by atoms with Gasteiger partial charge in [-0.25, -0.2) is 4.79 Å². The molecule has 1 atom stereocenters. The van der Waals surface area contributed by atoms with Gasteiger partial charge in [-0.2, -0.15) is 0 Å². The molecule has 0 spiro atoms. The van der Waals surface area contributed by atoms with Crippen molar-refractivity contribution >= 4 is 6.09 Å². The van der Waals surface area contributed by atoms with Crippen molar-refractivity contribution in [2.75, 3.05) is 6.54 Å². The fraction of sp³-hybridized carbons (Fsp3) is 0.583. The summed E-state index contributed by atoms with van der Waals surface area (Å²) in [6, 6.07) is 0. The van der Waals surface area contributed by atoms with Gasteiger partial charge in [0, 0.05) is 20.4 Å². The van der Waals surface area contributed by atoms with Crippen LogP contribution in [0.1, 0.15) is 27.7 Å². The summed E-state index contributed by atoms with van der Waals surface area (Å²) in [7, 11) is 0. The SMILES string of the molecule is C=C(/C=C\C)OC(C)(C)OC(C)CNC(=O)O. The highest BCUT2D eigenvalue weighted by Gasteiger charge is 2.23. The topological polar surface area (TPSA) is 67.8 Å². The second kappa shape index (κ2) is 6.96. The van der Waals surface area contributed by atoms with Gasteiger partial charge in [0.15, 0.2) is 0 Å². The van der Waals surface area contributed by atoms with Gasteiger partial charge in [-0.3, -0.25) is 0 Å². The van der Waals surface area contributed by atoms with Crippen LogP contribution in [-0.4, -0.2) is 29.6 Å². The summed E-state index contributed by atoms with van der Waals surface area (Å²) in [6.07, 6.45) is 2.18. The first-order valence-electron chi connectivity index (χ1n) is 5.42. The lowest BCUT2D eigenvalue weighted by atomic mass is 10.3. The van der Waals surface area contributed by atoms with Crippen molar-refractivity contribution in [1.82, 2.24) is 5.32 Å². The Kier molecular flexibility index (Phi) is 6.35. The summed E-state index contributed by atoms with van der Waals surface area (Å²) in [5, 5.41) is 10.7. The van der Waals surface area contributed by atoms with E-state index in [1.807, 2.05) is 13.0 Å². The summed E-state index contributed by atoms with van der Waals surface area (Å²) in [5.41, 5.74) is 0. The number of hydrogen-bond donors (Lipinski definition) is 2. The molecule has 17 heavy (non-hydrogen) atoms. The Balaban J connectivity index is 4.14. The van der Waals surface area contributed by atoms with Crippen LogP contribution in [0, 0.1) is 0 Å². The Labute approximate surface area is 102 Å². The number of carboxylic acid groups (broad SMARTS) is 1. The molecular weight excluding hydrogens is 222 g/mol. The van der Waals surface area contributed by atoms with E-state index in [0.717, 1.165) is 0 Å². The third-order valence-electron chi connectivity index (χ3n) is 1.76. The maximum Gasteiger partial charge on any atom is 0.404 e. The number of allylic oxidation sites excluding steroid dienone is 2. The third-order valence-corrected chi connectivity index (χ3v) is 1.76. The Hall–Kier alpha value is -1.49. The van der Waals surface area contributed by atoms with Crippen molar-refractivity contribution in [3.63, 3.8) is 0 Å². The molecule has 0 bridgehead atoms. The second-order valence-corrected chi connectivity index (χ2v) is 4.08. The number of amides is 1. The minimum atomic E-state index is -1.07. The first kappa shape index (κ1) is 15.5. The maximum atomic E-state index is 10.3. The standard InChI is InChI=1S/C12H21NO4/c1-6-7-9(2)16-12(4,5)17-10(3)8-13-11(14)15/h6-7,10,13H,2,8H2,1,3-5H3,(H,14,15)/b7-6-. The van der Waals surface area contributed by atoms with Crippen LogP contribution in [-0.2, 0) is 9.47 Å². The van der Waals surface area contributed by atoms with Crippen LogP contribution in [0.15, 0.2) is 24.5 Å². The Morgan fingerprint density at radius 3 is 2.65 bits per heavy atom. The van der Waals surface area contributed by atoms with Crippen LogP contribution in [0.25, 0.3) is 0 Å². The van der Waals surface area contributed by atoms with E-state index in [2.05, 4.69) is 11.9 Å². The highest BCUT2D eigenvalue weighted by molar-refractivity contribution is 5.64. The summed E-state index contributed by atoms with van der Waals surface area (Å²) in [4.78, 5) is 10.3. The average molecular weight is 243 g/mol. The smallest absolute Gasteiger partial charge is 0.404 e. The van der Waals surface area contributed by atoms with Crippen LogP contribution in [0.2, 0.25) is 0 Å². The molecule has 1 unspecified atom stereocenters. The Bertz CT molecular complexity index is 297. The molecule has 98 valence electrons. The molecule has 0 aliphatic carbocycles. The summed E-state index contributed by atoms with van der Waals surface area (Å²) >= 11 is 0. The molecule has 0 aromatic rings. The van der Waals surface area contributed by atoms with Gasteiger partial charge < -0.3 is 19.9 Å². The molecule has 0 radical (unpaired) electrons. The molecule has 5 heteroatoms. The number of rotatable bonds is 7. The van der Waals surface area contributed by atoms with E-state index in [9.17, 15) is 4.79 Å². The fourth-order valence-corrected chi connectivity index (χ4v) is 1.32. The van der Waals surface area contributed by atoms with Gasteiger partial charge in [0.05, 0.1) is 6.10 Å². The number of hydrogen-bond acceptors (Lipinski definition) is 3. The molecule has 0 aliphatic heterocycles. The first-order valence-corrected chi connectivity index (χ1v) is 5.42. The van der Waals surface area contributed by atoms with E-state index < -0.39 is 11.9 Å². The van der Waals surface area contributed by atoms with Crippen LogP contribution in [0.4, 0.5) is 4.79 Å². The van der Waals surface area contributed by atoms with E-state index in [1.54, 1.807) is 26.8 Å². The zero-order valence-electron chi connectivity index (χ0n) is 10.8. The zero-order chi connectivity index (χ0) is 13.5. The van der Waals surface area contributed by atoms with E-state index in [4.69, 9.17) is 14.6 Å². The van der Waals surface area contributed by atoms with Gasteiger partial charge >= 0.3 is 6.09 Å². The predicted molar refractivity (Wildman–Crippen MR) is 65.7 cm³/mol. The van der Waals surface area contributed by atoms with Crippen molar-refractivity contribution in [1.29, 1.82) is 0 Å². The molecule has 0 aromatic carbocycles. The molecule has 0 heterocycles. The van der Waals surface area contributed by atoms with Crippen molar-refractivity contribution < 1.29 is 19.4 Å². The summed E-state index contributed by atoms with van der Waals surface area (Å²) in [6.45, 7) is 11.0. The lowest BCUT2D eigenvalue weighted by Gasteiger charge is -2.30. The average Bonchev–Trinajstić information content (AvgIpc) is 2.13. The van der Waals surface area contributed by atoms with Gasteiger partial charge in [0.1, 0.15) is 5.76 Å². The van der Waals surface area contributed by atoms with Gasteiger partial charge in [0.25, 0.3) is 0 Å². The van der Waals surface area contributed by atoms with Crippen LogP contribution in [0.5, 0.6) is 0 Å². The van der Waals surface area contributed by atoms with Gasteiger partial charge in [-0.05, 0) is 19.9 Å². The van der Waals surface area contributed by atoms with E-state index in [0.29, 0.717) is 5.76 Å². The number of nitrogens with one attached hydrogen (secondary N) is 1. The van der Waals surface area contributed by atoms with E-state index >= 15 is 0 Å². The molecule has 0 aliphatic rings. The quantitative estimate of drug-likeness (QED) is 0.409. The largest absolute Gasteiger partial charge is 0.465 e. The van der Waals surface area contributed by atoms with Crippen molar-refractivity contribution in [3.05, 3.63) is 24.5 Å². The fourth-order valence-electron chi connectivity index (χ4n) is 1.32. The maximum absolute atomic E-state index is 10.3. The molecule has 0 aromatic heterocycles. The molecule has 5 nitrogen and oxygen atoms in total. The lowest BCUT2D eigenvalue weighted by molar-refractivity contribution is -0.209. The predicted octanol–water partition coefficient (Wildman–Crippen LogP) is 2.50. The summed E-state index contributed by atoms with van der Waals surface area (Å²) < 4.78 is 11.0. The lowest BCUT2D eigenvalue weighted by Crippen LogP contribution is -2.38. The zero-order valence-corrected chi connectivity index (χ0v) is 10.8. The third kappa shape index (κ3) is 8.33. The van der Waals surface area contributed by atoms with Crippen molar-refractivity contribution in [2.45, 2.75) is 39.6 Å². The summed E-state index contributed by atoms with van der Waals surface area (Å²) in [5.74, 6) is -0.355. The molecule has 0 rings (SSSR count). The first-order chi connectivity index (χ1) is 7.76. The molecule has 1 amide bonds. The Morgan fingerprint density at radius 2 is 2.18 bits per heavy atom. The van der Waals surface area contributed by atoms with E-state index in [1.165, 1.54) is 0 Å². The molecule has 0 saturated heterocycles. The molecule has 0 fully saturated rings. The highest BCUT2D eigenvalue weighted by atomic mass is 16.7. The van der Waals surface area contributed by atoms with E-state index in [-0.39, 0.29) is 12.6 Å². The number of ether oxygens (including phenoxy) is 2. The van der Waals surface area contributed by atoms with Crippen LogP contribution >= 0.6 is 0 Å². The molecule has 2 N–H and O–H groups in total. The minimum Gasteiger partial charge on any atom is -0.465 e. The van der Waals surface area contributed by atoms with Crippen molar-refractivity contribution in [2.24, 2.45) is 0 Å². The minimum absolute atomic E-state index is 0.207. The molecular formula is C12H21NO4. The Morgan fingerprint density at radius 1 is 1.59 bits per heavy atom. The highest BCUT2D eigenvalue weighted by Crippen LogP contribution is 2.18. The van der Waals surface area contributed by atoms with Gasteiger partial charge in [0.2, 0.25) is 5.79 Å². The van der Waals surface area contributed by atoms with Crippen LogP contribution in [0.3, 0.4) is 0 Å².